The van der Waals surface area contributed by atoms with Crippen LogP contribution in [0.15, 0.2) is 60.0 Å². The van der Waals surface area contributed by atoms with Gasteiger partial charge in [-0.2, -0.15) is 4.31 Å². The SMILES string of the molecule is COc1ccccc1CN(C)S(=O)(=O)C=Cc1ccccc1. The van der Waals surface area contributed by atoms with E-state index in [-0.39, 0.29) is 6.54 Å². The average Bonchev–Trinajstić information content (AvgIpc) is 2.54. The highest BCUT2D eigenvalue weighted by atomic mass is 32.2. The Morgan fingerprint density at radius 1 is 1.05 bits per heavy atom. The van der Waals surface area contributed by atoms with Crippen molar-refractivity contribution in [2.75, 3.05) is 14.2 Å². The Hall–Kier alpha value is -2.11. The summed E-state index contributed by atoms with van der Waals surface area (Å²) >= 11 is 0. The molecule has 0 spiro atoms. The maximum absolute atomic E-state index is 12.3. The number of benzene rings is 2. The number of sulfonamides is 1. The highest BCUT2D eigenvalue weighted by Gasteiger charge is 2.16. The molecule has 2 rings (SSSR count). The Morgan fingerprint density at radius 2 is 1.68 bits per heavy atom. The molecule has 0 unspecified atom stereocenters. The van der Waals surface area contributed by atoms with Crippen molar-refractivity contribution < 1.29 is 13.2 Å². The standard InChI is InChI=1S/C17H19NO3S/c1-18(14-16-10-6-7-11-17(16)21-2)22(19,20)13-12-15-8-4-3-5-9-15/h3-13H,14H2,1-2H3. The van der Waals surface area contributed by atoms with E-state index < -0.39 is 10.0 Å². The molecule has 22 heavy (non-hydrogen) atoms. The summed E-state index contributed by atoms with van der Waals surface area (Å²) in [5.74, 6) is 0.677. The Bertz CT molecular complexity index is 740. The van der Waals surface area contributed by atoms with E-state index in [0.717, 1.165) is 11.1 Å². The van der Waals surface area contributed by atoms with E-state index in [4.69, 9.17) is 4.74 Å². The molecule has 116 valence electrons. The monoisotopic (exact) mass is 317 g/mol. The molecule has 5 heteroatoms. The molecule has 2 aromatic rings. The van der Waals surface area contributed by atoms with E-state index in [1.54, 1.807) is 20.2 Å². The lowest BCUT2D eigenvalue weighted by molar-refractivity contribution is 0.399. The van der Waals surface area contributed by atoms with Gasteiger partial charge in [0.2, 0.25) is 10.0 Å². The zero-order valence-corrected chi connectivity index (χ0v) is 13.5. The van der Waals surface area contributed by atoms with Gasteiger partial charge in [-0.15, -0.1) is 0 Å². The van der Waals surface area contributed by atoms with Crippen LogP contribution >= 0.6 is 0 Å². The van der Waals surface area contributed by atoms with E-state index in [2.05, 4.69) is 0 Å². The number of para-hydroxylation sites is 1. The predicted molar refractivity (Wildman–Crippen MR) is 88.9 cm³/mol. The number of rotatable bonds is 6. The fraction of sp³-hybridized carbons (Fsp3) is 0.176. The largest absolute Gasteiger partial charge is 0.496 e. The van der Waals surface area contributed by atoms with Gasteiger partial charge in [0.25, 0.3) is 0 Å². The summed E-state index contributed by atoms with van der Waals surface area (Å²) in [4.78, 5) is 0. The lowest BCUT2D eigenvalue weighted by Gasteiger charge is -2.16. The second-order valence-electron chi connectivity index (χ2n) is 4.83. The topological polar surface area (TPSA) is 46.6 Å². The molecule has 0 saturated heterocycles. The molecule has 0 aliphatic rings. The van der Waals surface area contributed by atoms with Crippen LogP contribution in [0.25, 0.3) is 6.08 Å². The normalized spacial score (nSPS) is 12.0. The lowest BCUT2D eigenvalue weighted by Crippen LogP contribution is -2.24. The summed E-state index contributed by atoms with van der Waals surface area (Å²) in [6, 6.07) is 16.7. The molecule has 0 aliphatic carbocycles. The average molecular weight is 317 g/mol. The zero-order chi connectivity index (χ0) is 16.0. The van der Waals surface area contributed by atoms with Gasteiger partial charge in [0.15, 0.2) is 0 Å². The number of hydrogen-bond acceptors (Lipinski definition) is 3. The van der Waals surface area contributed by atoms with Gasteiger partial charge in [-0.3, -0.25) is 0 Å². The van der Waals surface area contributed by atoms with Gasteiger partial charge in [-0.1, -0.05) is 48.5 Å². The van der Waals surface area contributed by atoms with Gasteiger partial charge >= 0.3 is 0 Å². The summed E-state index contributed by atoms with van der Waals surface area (Å²) in [6.45, 7) is 0.255. The molecule has 0 atom stereocenters. The van der Waals surface area contributed by atoms with Crippen molar-refractivity contribution in [3.63, 3.8) is 0 Å². The minimum atomic E-state index is -3.48. The maximum Gasteiger partial charge on any atom is 0.236 e. The smallest absolute Gasteiger partial charge is 0.236 e. The van der Waals surface area contributed by atoms with Crippen LogP contribution in [0.5, 0.6) is 5.75 Å². The Kier molecular flexibility index (Phi) is 5.35. The van der Waals surface area contributed by atoms with E-state index in [1.165, 1.54) is 9.71 Å². The van der Waals surface area contributed by atoms with Gasteiger partial charge in [-0.05, 0) is 17.7 Å². The third-order valence-corrected chi connectivity index (χ3v) is 4.73. The first-order chi connectivity index (χ1) is 10.5. The summed E-state index contributed by atoms with van der Waals surface area (Å²) < 4.78 is 31.2. The fourth-order valence-corrected chi connectivity index (χ4v) is 2.85. The van der Waals surface area contributed by atoms with Crippen LogP contribution in [0.2, 0.25) is 0 Å². The van der Waals surface area contributed by atoms with Gasteiger partial charge in [-0.25, -0.2) is 8.42 Å². The fourth-order valence-electron chi connectivity index (χ4n) is 2.00. The molecule has 0 N–H and O–H groups in total. The first-order valence-corrected chi connectivity index (χ1v) is 8.34. The number of methoxy groups -OCH3 is 1. The van der Waals surface area contributed by atoms with Crippen LogP contribution in [0, 0.1) is 0 Å². The quantitative estimate of drug-likeness (QED) is 0.822. The van der Waals surface area contributed by atoms with Crippen molar-refractivity contribution in [1.29, 1.82) is 0 Å². The Balaban J connectivity index is 2.14. The molecule has 0 heterocycles. The minimum absolute atomic E-state index is 0.255. The Labute approximate surface area is 131 Å². The number of ether oxygens (including phenoxy) is 1. The molecule has 0 radical (unpaired) electrons. The van der Waals surface area contributed by atoms with Gasteiger partial charge in [0, 0.05) is 24.6 Å². The molecule has 4 nitrogen and oxygen atoms in total. The summed E-state index contributed by atoms with van der Waals surface area (Å²) in [6.07, 6.45) is 1.59. The molecule has 0 saturated carbocycles. The maximum atomic E-state index is 12.3. The third-order valence-electron chi connectivity index (χ3n) is 3.25. The first kappa shape index (κ1) is 16.3. The van der Waals surface area contributed by atoms with Crippen LogP contribution in [0.1, 0.15) is 11.1 Å². The summed E-state index contributed by atoms with van der Waals surface area (Å²) in [5, 5.41) is 1.22. The molecule has 0 fully saturated rings. The van der Waals surface area contributed by atoms with Crippen molar-refractivity contribution >= 4 is 16.1 Å². The minimum Gasteiger partial charge on any atom is -0.496 e. The third kappa shape index (κ3) is 4.19. The molecule has 0 aromatic heterocycles. The second kappa shape index (κ2) is 7.24. The van der Waals surface area contributed by atoms with Crippen LogP contribution in [0.4, 0.5) is 0 Å². The van der Waals surface area contributed by atoms with Crippen LogP contribution in [0.3, 0.4) is 0 Å². The van der Waals surface area contributed by atoms with E-state index in [1.807, 2.05) is 54.6 Å². The summed E-state index contributed by atoms with van der Waals surface area (Å²) in [5.41, 5.74) is 1.67. The highest BCUT2D eigenvalue weighted by molar-refractivity contribution is 7.92. The van der Waals surface area contributed by atoms with E-state index >= 15 is 0 Å². The number of nitrogens with zero attached hydrogens (tertiary/aromatic N) is 1. The second-order valence-corrected chi connectivity index (χ2v) is 6.75. The molecule has 2 aromatic carbocycles. The van der Waals surface area contributed by atoms with E-state index in [0.29, 0.717) is 5.75 Å². The lowest BCUT2D eigenvalue weighted by atomic mass is 10.2. The van der Waals surface area contributed by atoms with Crippen molar-refractivity contribution in [3.8, 4) is 5.75 Å². The molecular formula is C17H19NO3S. The van der Waals surface area contributed by atoms with Crippen molar-refractivity contribution in [3.05, 3.63) is 71.1 Å². The highest BCUT2D eigenvalue weighted by Crippen LogP contribution is 2.20. The summed E-state index contributed by atoms with van der Waals surface area (Å²) in [7, 11) is -0.360. The number of hydrogen-bond donors (Lipinski definition) is 0. The van der Waals surface area contributed by atoms with Gasteiger partial charge < -0.3 is 4.74 Å². The zero-order valence-electron chi connectivity index (χ0n) is 12.6. The van der Waals surface area contributed by atoms with Gasteiger partial charge in [0.05, 0.1) is 7.11 Å². The van der Waals surface area contributed by atoms with Crippen LogP contribution in [-0.2, 0) is 16.6 Å². The molecular weight excluding hydrogens is 298 g/mol. The first-order valence-electron chi connectivity index (χ1n) is 6.84. The molecule has 0 amide bonds. The van der Waals surface area contributed by atoms with Crippen molar-refractivity contribution in [1.82, 2.24) is 4.31 Å². The van der Waals surface area contributed by atoms with Gasteiger partial charge in [0.1, 0.15) is 5.75 Å². The van der Waals surface area contributed by atoms with Crippen LogP contribution < -0.4 is 4.74 Å². The van der Waals surface area contributed by atoms with Crippen molar-refractivity contribution in [2.24, 2.45) is 0 Å². The molecule has 0 aliphatic heterocycles. The molecule has 0 bridgehead atoms. The van der Waals surface area contributed by atoms with Crippen LogP contribution in [-0.4, -0.2) is 26.9 Å². The predicted octanol–water partition coefficient (Wildman–Crippen LogP) is 3.13. The Morgan fingerprint density at radius 3 is 2.36 bits per heavy atom. The van der Waals surface area contributed by atoms with E-state index in [9.17, 15) is 8.42 Å². The van der Waals surface area contributed by atoms with Crippen molar-refractivity contribution in [2.45, 2.75) is 6.54 Å².